The van der Waals surface area contributed by atoms with Crippen molar-refractivity contribution in [2.45, 2.75) is 90.3 Å². The Morgan fingerprint density at radius 3 is 2.29 bits per heavy atom. The fourth-order valence-corrected chi connectivity index (χ4v) is 6.71. The molecule has 1 saturated carbocycles. The molecule has 2 heterocycles. The Labute approximate surface area is 247 Å². The van der Waals surface area contributed by atoms with E-state index in [1.54, 1.807) is 6.92 Å². The highest BCUT2D eigenvalue weighted by Gasteiger charge is 2.50. The van der Waals surface area contributed by atoms with Crippen molar-refractivity contribution in [1.29, 1.82) is 10.8 Å². The molecular formula is C31H53N5O5. The fourth-order valence-electron chi connectivity index (χ4n) is 6.71. The van der Waals surface area contributed by atoms with Gasteiger partial charge in [-0.25, -0.2) is 0 Å². The molecule has 1 aliphatic carbocycles. The fraction of sp³-hybridized carbons (Fsp3) is 0.839. The van der Waals surface area contributed by atoms with Crippen LogP contribution in [-0.2, 0) is 23.7 Å². The average molecular weight is 576 g/mol. The molecule has 3 N–H and O–H groups in total. The molecule has 2 saturated heterocycles. The lowest BCUT2D eigenvalue weighted by Crippen LogP contribution is -2.57. The molecule has 3 unspecified atom stereocenters. The second-order valence-corrected chi connectivity index (χ2v) is 12.1. The zero-order valence-electron chi connectivity index (χ0n) is 25.6. The van der Waals surface area contributed by atoms with Gasteiger partial charge in [0.1, 0.15) is 12.4 Å². The minimum Gasteiger partial charge on any atom is -0.379 e. The first kappa shape index (κ1) is 33.5. The van der Waals surface area contributed by atoms with Gasteiger partial charge >= 0.3 is 0 Å². The predicted octanol–water partition coefficient (Wildman–Crippen LogP) is 3.29. The highest BCUT2D eigenvalue weighted by Crippen LogP contribution is 2.52. The molecule has 10 heteroatoms. The van der Waals surface area contributed by atoms with Crippen molar-refractivity contribution >= 4 is 17.6 Å². The summed E-state index contributed by atoms with van der Waals surface area (Å²) in [6.07, 6.45) is 12.8. The van der Waals surface area contributed by atoms with Crippen molar-refractivity contribution < 1.29 is 23.7 Å². The Morgan fingerprint density at radius 1 is 1.07 bits per heavy atom. The Kier molecular flexibility index (Phi) is 14.0. The van der Waals surface area contributed by atoms with Gasteiger partial charge in [-0.2, -0.15) is 0 Å². The maximum Gasteiger partial charge on any atom is 0.224 e. The molecule has 0 aromatic heterocycles. The summed E-state index contributed by atoms with van der Waals surface area (Å²) in [4.78, 5) is 16.9. The maximum atomic E-state index is 12.9. The second-order valence-electron chi connectivity index (χ2n) is 12.1. The number of amides is 1. The first-order valence-corrected chi connectivity index (χ1v) is 15.5. The number of hydrogen-bond donors (Lipinski definition) is 3. The summed E-state index contributed by atoms with van der Waals surface area (Å²) in [5, 5.41) is 21.0. The lowest BCUT2D eigenvalue weighted by molar-refractivity contribution is -0.138. The molecule has 41 heavy (non-hydrogen) atoms. The van der Waals surface area contributed by atoms with Crippen LogP contribution < -0.4 is 5.32 Å². The van der Waals surface area contributed by atoms with Gasteiger partial charge in [0.2, 0.25) is 5.91 Å². The van der Waals surface area contributed by atoms with Gasteiger partial charge in [-0.15, -0.1) is 6.42 Å². The van der Waals surface area contributed by atoms with E-state index in [-0.39, 0.29) is 23.3 Å². The van der Waals surface area contributed by atoms with Crippen LogP contribution in [0.15, 0.2) is 0 Å². The summed E-state index contributed by atoms with van der Waals surface area (Å²) in [7, 11) is 0. The number of nitrogens with zero attached hydrogens (tertiary/aromatic N) is 2. The monoisotopic (exact) mass is 575 g/mol. The standard InChI is InChI=1S/C31H53N5O5/c1-5-12-38-14-16-40-18-19-41-17-15-39-13-9-29(37)35-11-6-10-31(23-35)21-27(22-31)30(33)36(26(4)32)25(3)20-28-8-7-24(2)34-28/h1,24-25,27-28,32-34H,6-23H2,2-4H3. The van der Waals surface area contributed by atoms with E-state index in [1.807, 2.05) is 9.80 Å². The quantitative estimate of drug-likeness (QED) is 0.105. The molecule has 3 rings (SSSR count). The molecule has 3 fully saturated rings. The minimum absolute atomic E-state index is 0.113. The summed E-state index contributed by atoms with van der Waals surface area (Å²) in [6, 6.07) is 1.15. The van der Waals surface area contributed by atoms with Crippen LogP contribution >= 0.6 is 0 Å². The number of nitrogens with one attached hydrogen (secondary N) is 3. The van der Waals surface area contributed by atoms with Crippen molar-refractivity contribution in [2.24, 2.45) is 11.3 Å². The summed E-state index contributed by atoms with van der Waals surface area (Å²) < 4.78 is 21.6. The zero-order chi connectivity index (χ0) is 29.7. The Balaban J connectivity index is 1.29. The van der Waals surface area contributed by atoms with Crippen molar-refractivity contribution in [3.63, 3.8) is 0 Å². The molecule has 3 atom stereocenters. The molecule has 0 radical (unpaired) electrons. The van der Waals surface area contributed by atoms with Crippen LogP contribution in [0, 0.1) is 34.5 Å². The van der Waals surface area contributed by atoms with E-state index in [2.05, 4.69) is 25.1 Å². The van der Waals surface area contributed by atoms with Gasteiger partial charge in [0.25, 0.3) is 0 Å². The van der Waals surface area contributed by atoms with E-state index in [9.17, 15) is 4.79 Å². The molecular weight excluding hydrogens is 522 g/mol. The molecule has 3 aliphatic rings. The van der Waals surface area contributed by atoms with Crippen LogP contribution in [-0.4, -0.2) is 111 Å². The molecule has 2 aliphatic heterocycles. The number of amidine groups is 2. The van der Waals surface area contributed by atoms with Gasteiger partial charge in [0.15, 0.2) is 0 Å². The normalized spacial score (nSPS) is 26.4. The zero-order valence-corrected chi connectivity index (χ0v) is 25.6. The summed E-state index contributed by atoms with van der Waals surface area (Å²) >= 11 is 0. The van der Waals surface area contributed by atoms with Crippen LogP contribution in [0.2, 0.25) is 0 Å². The van der Waals surface area contributed by atoms with Crippen LogP contribution in [0.3, 0.4) is 0 Å². The predicted molar refractivity (Wildman–Crippen MR) is 160 cm³/mol. The number of likely N-dealkylation sites (tertiary alicyclic amines) is 1. The molecule has 1 spiro atoms. The second kappa shape index (κ2) is 17.2. The number of piperidine rings is 1. The van der Waals surface area contributed by atoms with Crippen LogP contribution in [0.1, 0.15) is 72.1 Å². The Bertz CT molecular complexity index is 887. The minimum atomic E-state index is 0.113. The molecule has 0 aromatic carbocycles. The lowest BCUT2D eigenvalue weighted by atomic mass is 9.58. The smallest absolute Gasteiger partial charge is 0.224 e. The van der Waals surface area contributed by atoms with Crippen molar-refractivity contribution in [3.8, 4) is 12.3 Å². The third kappa shape index (κ3) is 10.6. The summed E-state index contributed by atoms with van der Waals surface area (Å²) in [5.41, 5.74) is 0.113. The molecule has 232 valence electrons. The van der Waals surface area contributed by atoms with Gasteiger partial charge < -0.3 is 34.1 Å². The molecule has 0 bridgehead atoms. The van der Waals surface area contributed by atoms with E-state index in [0.717, 1.165) is 45.2 Å². The van der Waals surface area contributed by atoms with E-state index in [4.69, 9.17) is 36.2 Å². The van der Waals surface area contributed by atoms with E-state index in [1.165, 1.54) is 12.8 Å². The number of rotatable bonds is 17. The number of ether oxygens (including phenoxy) is 4. The van der Waals surface area contributed by atoms with E-state index < -0.39 is 0 Å². The van der Waals surface area contributed by atoms with Gasteiger partial charge in [-0.3, -0.25) is 15.6 Å². The van der Waals surface area contributed by atoms with Crippen LogP contribution in [0.4, 0.5) is 0 Å². The Morgan fingerprint density at radius 2 is 1.71 bits per heavy atom. The molecule has 10 nitrogen and oxygen atoms in total. The van der Waals surface area contributed by atoms with Crippen molar-refractivity contribution in [1.82, 2.24) is 15.1 Å². The average Bonchev–Trinajstić information content (AvgIpc) is 3.33. The Hall–Kier alpha value is -2.03. The van der Waals surface area contributed by atoms with Gasteiger partial charge in [-0.05, 0) is 71.1 Å². The van der Waals surface area contributed by atoms with Gasteiger partial charge in [0, 0.05) is 37.1 Å². The largest absolute Gasteiger partial charge is 0.379 e. The van der Waals surface area contributed by atoms with E-state index in [0.29, 0.717) is 83.0 Å². The van der Waals surface area contributed by atoms with Crippen LogP contribution in [0.5, 0.6) is 0 Å². The number of carbonyl (C=O) groups excluding carboxylic acids is 1. The SMILES string of the molecule is C#CCOCCOCCOCCOCCC(=O)N1CCCC2(CC(C(=N)N(C(C)=N)C(C)CC3CCC(C)N3)C2)C1. The third-order valence-corrected chi connectivity index (χ3v) is 8.68. The van der Waals surface area contributed by atoms with Crippen molar-refractivity contribution in [2.75, 3.05) is 65.9 Å². The van der Waals surface area contributed by atoms with Gasteiger partial charge in [0.05, 0.1) is 58.5 Å². The topological polar surface area (TPSA) is 120 Å². The maximum absolute atomic E-state index is 12.9. The first-order valence-electron chi connectivity index (χ1n) is 15.5. The van der Waals surface area contributed by atoms with Crippen LogP contribution in [0.25, 0.3) is 0 Å². The summed E-state index contributed by atoms with van der Waals surface area (Å²) in [6.45, 7) is 11.3. The molecule has 1 amide bonds. The number of hydrogen-bond acceptors (Lipinski definition) is 8. The number of carbonyl (C=O) groups is 1. The highest BCUT2D eigenvalue weighted by atomic mass is 16.6. The lowest BCUT2D eigenvalue weighted by Gasteiger charge is -2.54. The van der Waals surface area contributed by atoms with E-state index >= 15 is 0 Å². The highest BCUT2D eigenvalue weighted by molar-refractivity contribution is 5.98. The third-order valence-electron chi connectivity index (χ3n) is 8.68. The van der Waals surface area contributed by atoms with Gasteiger partial charge in [-0.1, -0.05) is 5.92 Å². The van der Waals surface area contributed by atoms with Crippen molar-refractivity contribution in [3.05, 3.63) is 0 Å². The number of terminal acetylenes is 1. The summed E-state index contributed by atoms with van der Waals surface area (Å²) in [5.74, 6) is 3.76. The first-order chi connectivity index (χ1) is 19.7. The molecule has 0 aromatic rings.